The zero-order chi connectivity index (χ0) is 35.1. The molecule has 13 heteroatoms. The average Bonchev–Trinajstić information content (AvgIpc) is 3.86. The number of para-hydroxylation sites is 1. The summed E-state index contributed by atoms with van der Waals surface area (Å²) in [7, 11) is 4.86. The molecular formula is C37H34N8O5. The number of hydrogen-bond acceptors (Lipinski definition) is 9. The Morgan fingerprint density at radius 1 is 1.00 bits per heavy atom. The van der Waals surface area contributed by atoms with Crippen LogP contribution in [0, 0.1) is 5.92 Å². The number of Topliss-reactive ketones (excluding diaryl/α,β-unsaturated/α-hetero) is 1. The molecule has 0 unspecified atom stereocenters. The Morgan fingerprint density at radius 3 is 2.54 bits per heavy atom. The van der Waals surface area contributed by atoms with Gasteiger partial charge in [-0.15, -0.1) is 5.10 Å². The van der Waals surface area contributed by atoms with E-state index in [4.69, 9.17) is 4.74 Å². The van der Waals surface area contributed by atoms with E-state index in [1.165, 1.54) is 16.4 Å². The standard InChI is InChI=1S/C37H34N8O5/c1-21(46)28-20-44(19-24-7-5-10-30(39-24)37(49)43(2)3)36(48)26-14-13-23(17-27(26)28)25-8-6-9-29(33(25)50-4)40-31-18-32(41-35(47)22-11-12-22)42-45-16-15-38-34(31)45/h5-10,13-18,20,22,40H,11-12,19H2,1-4H3,(H,41,42,47). The molecule has 4 aromatic heterocycles. The average molecular weight is 671 g/mol. The Morgan fingerprint density at radius 2 is 1.80 bits per heavy atom. The summed E-state index contributed by atoms with van der Waals surface area (Å²) in [6.45, 7) is 1.54. The second kappa shape index (κ2) is 12.9. The Balaban J connectivity index is 1.25. The van der Waals surface area contributed by atoms with Crippen molar-refractivity contribution in [2.75, 3.05) is 31.8 Å². The summed E-state index contributed by atoms with van der Waals surface area (Å²) in [5.74, 6) is 0.421. The Labute approximate surface area is 286 Å². The van der Waals surface area contributed by atoms with E-state index in [0.29, 0.717) is 50.6 Å². The molecule has 0 spiro atoms. The summed E-state index contributed by atoms with van der Waals surface area (Å²) < 4.78 is 8.97. The van der Waals surface area contributed by atoms with Crippen molar-refractivity contribution in [3.63, 3.8) is 0 Å². The van der Waals surface area contributed by atoms with Gasteiger partial charge >= 0.3 is 0 Å². The van der Waals surface area contributed by atoms with Crippen LogP contribution in [-0.2, 0) is 11.3 Å². The quantitative estimate of drug-likeness (QED) is 0.188. The highest BCUT2D eigenvalue weighted by atomic mass is 16.5. The highest BCUT2D eigenvalue weighted by molar-refractivity contribution is 6.07. The topological polar surface area (TPSA) is 153 Å². The number of hydrogen-bond donors (Lipinski definition) is 2. The minimum Gasteiger partial charge on any atom is -0.494 e. The van der Waals surface area contributed by atoms with Gasteiger partial charge in [-0.1, -0.05) is 24.3 Å². The lowest BCUT2D eigenvalue weighted by molar-refractivity contribution is -0.117. The molecule has 0 bridgehead atoms. The van der Waals surface area contributed by atoms with Gasteiger partial charge in [0.2, 0.25) is 5.91 Å². The van der Waals surface area contributed by atoms with Gasteiger partial charge in [0.05, 0.1) is 30.7 Å². The monoisotopic (exact) mass is 670 g/mol. The lowest BCUT2D eigenvalue weighted by atomic mass is 9.97. The van der Waals surface area contributed by atoms with Gasteiger partial charge in [0, 0.05) is 66.6 Å². The molecule has 6 aromatic rings. The summed E-state index contributed by atoms with van der Waals surface area (Å²) in [6, 6.07) is 17.8. The molecule has 1 aliphatic carbocycles. The molecule has 1 aliphatic rings. The van der Waals surface area contributed by atoms with Crippen molar-refractivity contribution in [1.82, 2.24) is 29.0 Å². The minimum atomic E-state index is -0.295. The Kier molecular flexibility index (Phi) is 8.32. The molecule has 1 saturated carbocycles. The van der Waals surface area contributed by atoms with Crippen LogP contribution in [-0.4, -0.2) is 67.9 Å². The molecule has 0 radical (unpaired) electrons. The molecule has 50 heavy (non-hydrogen) atoms. The highest BCUT2D eigenvalue weighted by Crippen LogP contribution is 2.40. The van der Waals surface area contributed by atoms with E-state index in [-0.39, 0.29) is 41.3 Å². The molecule has 1 fully saturated rings. The van der Waals surface area contributed by atoms with Crippen molar-refractivity contribution in [2.45, 2.75) is 26.3 Å². The van der Waals surface area contributed by atoms with Crippen LogP contribution in [0.4, 0.5) is 17.2 Å². The van der Waals surface area contributed by atoms with Crippen LogP contribution in [0.15, 0.2) is 84.0 Å². The number of rotatable bonds is 10. The van der Waals surface area contributed by atoms with Gasteiger partial charge in [-0.2, -0.15) is 0 Å². The largest absolute Gasteiger partial charge is 0.494 e. The zero-order valence-electron chi connectivity index (χ0n) is 27.9. The number of ether oxygens (including phenoxy) is 1. The molecule has 2 amide bonds. The van der Waals surface area contributed by atoms with E-state index in [1.54, 1.807) is 74.6 Å². The van der Waals surface area contributed by atoms with Gasteiger partial charge < -0.3 is 24.8 Å². The maximum Gasteiger partial charge on any atom is 0.271 e. The predicted octanol–water partition coefficient (Wildman–Crippen LogP) is 5.16. The number of aromatic nitrogens is 5. The van der Waals surface area contributed by atoms with E-state index >= 15 is 0 Å². The summed E-state index contributed by atoms with van der Waals surface area (Å²) >= 11 is 0. The number of pyridine rings is 2. The number of methoxy groups -OCH3 is 1. The van der Waals surface area contributed by atoms with E-state index in [0.717, 1.165) is 24.0 Å². The molecule has 252 valence electrons. The summed E-state index contributed by atoms with van der Waals surface area (Å²) in [5, 5.41) is 11.7. The third-order valence-electron chi connectivity index (χ3n) is 8.59. The Bertz CT molecular complexity index is 2390. The van der Waals surface area contributed by atoms with Gasteiger partial charge in [0.25, 0.3) is 11.5 Å². The SMILES string of the molecule is COc1c(Nc2cc(NC(=O)C3CC3)nn3ccnc23)cccc1-c1ccc2c(=O)n(Cc3cccc(C(=O)N(C)C)n3)cc(C(C)=O)c2c1. The number of fused-ring (bicyclic) bond motifs is 2. The number of benzene rings is 2. The van der Waals surface area contributed by atoms with Crippen LogP contribution in [0.3, 0.4) is 0 Å². The van der Waals surface area contributed by atoms with Crippen molar-refractivity contribution in [3.05, 3.63) is 107 Å². The van der Waals surface area contributed by atoms with Crippen LogP contribution < -0.4 is 20.9 Å². The third kappa shape index (κ3) is 6.16. The first-order chi connectivity index (χ1) is 24.1. The molecule has 2 N–H and O–H groups in total. The molecule has 4 heterocycles. The smallest absolute Gasteiger partial charge is 0.271 e. The number of imidazole rings is 1. The van der Waals surface area contributed by atoms with Crippen molar-refractivity contribution >= 4 is 51.2 Å². The van der Waals surface area contributed by atoms with E-state index in [2.05, 4.69) is 25.7 Å². The molecule has 13 nitrogen and oxygen atoms in total. The van der Waals surface area contributed by atoms with Crippen LogP contribution in [0.1, 0.15) is 46.3 Å². The second-order valence-corrected chi connectivity index (χ2v) is 12.4. The fourth-order valence-corrected chi connectivity index (χ4v) is 5.92. The van der Waals surface area contributed by atoms with Crippen LogP contribution in [0.5, 0.6) is 5.75 Å². The van der Waals surface area contributed by atoms with Gasteiger partial charge in [0.15, 0.2) is 17.2 Å². The summed E-state index contributed by atoms with van der Waals surface area (Å²) in [4.78, 5) is 62.0. The number of amides is 2. The lowest BCUT2D eigenvalue weighted by Gasteiger charge is -2.17. The number of nitrogens with zero attached hydrogens (tertiary/aromatic N) is 6. The summed E-state index contributed by atoms with van der Waals surface area (Å²) in [6.07, 6.45) is 6.63. The first-order valence-electron chi connectivity index (χ1n) is 16.1. The van der Waals surface area contributed by atoms with Crippen LogP contribution in [0.2, 0.25) is 0 Å². The second-order valence-electron chi connectivity index (χ2n) is 12.4. The number of carbonyl (C=O) groups excluding carboxylic acids is 3. The molecular weight excluding hydrogens is 636 g/mol. The van der Waals surface area contributed by atoms with Crippen molar-refractivity contribution < 1.29 is 19.1 Å². The minimum absolute atomic E-state index is 0.0194. The van der Waals surface area contributed by atoms with Crippen molar-refractivity contribution in [3.8, 4) is 16.9 Å². The van der Waals surface area contributed by atoms with Gasteiger partial charge in [0.1, 0.15) is 11.4 Å². The third-order valence-corrected chi connectivity index (χ3v) is 8.59. The molecule has 0 atom stereocenters. The fourth-order valence-electron chi connectivity index (χ4n) is 5.92. The van der Waals surface area contributed by atoms with E-state index < -0.39 is 0 Å². The van der Waals surface area contributed by atoms with Crippen LogP contribution >= 0.6 is 0 Å². The number of nitrogens with one attached hydrogen (secondary N) is 2. The number of anilines is 3. The molecule has 2 aromatic carbocycles. The Hall–Kier alpha value is -6.37. The maximum atomic E-state index is 13.8. The fraction of sp³-hybridized carbons (Fsp3) is 0.216. The highest BCUT2D eigenvalue weighted by Gasteiger charge is 2.30. The molecule has 7 rings (SSSR count). The zero-order valence-corrected chi connectivity index (χ0v) is 27.9. The van der Waals surface area contributed by atoms with Gasteiger partial charge in [-0.05, 0) is 55.7 Å². The number of carbonyl (C=O) groups is 3. The van der Waals surface area contributed by atoms with Crippen molar-refractivity contribution in [1.29, 1.82) is 0 Å². The summed E-state index contributed by atoms with van der Waals surface area (Å²) in [5.41, 5.74) is 4.10. The normalized spacial score (nSPS) is 12.6. The molecule has 0 aliphatic heterocycles. The van der Waals surface area contributed by atoms with Gasteiger partial charge in [-0.3, -0.25) is 19.2 Å². The predicted molar refractivity (Wildman–Crippen MR) is 189 cm³/mol. The van der Waals surface area contributed by atoms with E-state index in [1.807, 2.05) is 30.3 Å². The first-order valence-corrected chi connectivity index (χ1v) is 16.1. The maximum absolute atomic E-state index is 13.8. The van der Waals surface area contributed by atoms with Crippen LogP contribution in [0.25, 0.3) is 27.5 Å². The van der Waals surface area contributed by atoms with Crippen molar-refractivity contribution in [2.24, 2.45) is 5.92 Å². The first kappa shape index (κ1) is 32.2. The molecule has 0 saturated heterocycles. The van der Waals surface area contributed by atoms with Gasteiger partial charge in [-0.25, -0.2) is 14.5 Å². The lowest BCUT2D eigenvalue weighted by Crippen LogP contribution is -2.25. The number of ketones is 1. The van der Waals surface area contributed by atoms with E-state index in [9.17, 15) is 19.2 Å².